The Hall–Kier alpha value is -3.30. The number of aromatic amines is 1. The van der Waals surface area contributed by atoms with Crippen LogP contribution in [0.25, 0.3) is 28.0 Å². The van der Waals surface area contributed by atoms with Gasteiger partial charge in [0.25, 0.3) is 0 Å². The lowest BCUT2D eigenvalue weighted by atomic mass is 10.1. The van der Waals surface area contributed by atoms with Gasteiger partial charge in [-0.25, -0.2) is 4.79 Å². The van der Waals surface area contributed by atoms with Crippen LogP contribution in [0.3, 0.4) is 0 Å². The highest BCUT2D eigenvalue weighted by atomic mass is 35.5. The van der Waals surface area contributed by atoms with Crippen LogP contribution in [0, 0.1) is 0 Å². The number of halogens is 1. The monoisotopic (exact) mass is 440 g/mol. The summed E-state index contributed by atoms with van der Waals surface area (Å²) in [6, 6.07) is 14.2. The van der Waals surface area contributed by atoms with Gasteiger partial charge < -0.3 is 10.7 Å². The minimum absolute atomic E-state index is 0.490. The molecule has 4 aromatic rings. The van der Waals surface area contributed by atoms with Gasteiger partial charge in [0.1, 0.15) is 0 Å². The molecule has 3 amide bonds. The zero-order valence-electron chi connectivity index (χ0n) is 15.8. The molecule has 0 aliphatic carbocycles. The lowest BCUT2D eigenvalue weighted by Gasteiger charge is -2.13. The summed E-state index contributed by atoms with van der Waals surface area (Å²) < 4.78 is 1.85. The van der Waals surface area contributed by atoms with Crippen molar-refractivity contribution in [3.63, 3.8) is 0 Å². The van der Waals surface area contributed by atoms with Gasteiger partial charge in [0.15, 0.2) is 11.0 Å². The number of imide groups is 1. The number of fused-ring (bicyclic) bond motifs is 1. The SMILES string of the molecule is C[C@@H](Sc1nnc(-c2c[nH]c3ccccc23)n1-c1ccc(Cl)cc1)C(=O)NC(N)=O. The predicted octanol–water partition coefficient (Wildman–Crippen LogP) is 3.74. The molecule has 8 nitrogen and oxygen atoms in total. The van der Waals surface area contributed by atoms with Gasteiger partial charge in [-0.15, -0.1) is 10.2 Å². The number of para-hydroxylation sites is 1. The Morgan fingerprint density at radius 2 is 1.90 bits per heavy atom. The fourth-order valence-electron chi connectivity index (χ4n) is 3.03. The molecule has 30 heavy (non-hydrogen) atoms. The number of urea groups is 1. The Labute approximate surface area is 180 Å². The summed E-state index contributed by atoms with van der Waals surface area (Å²) in [4.78, 5) is 26.4. The summed E-state index contributed by atoms with van der Waals surface area (Å²) >= 11 is 7.23. The quantitative estimate of drug-likeness (QED) is 0.408. The van der Waals surface area contributed by atoms with Crippen molar-refractivity contribution in [2.45, 2.75) is 17.3 Å². The second-order valence-electron chi connectivity index (χ2n) is 6.48. The summed E-state index contributed by atoms with van der Waals surface area (Å²) in [5, 5.41) is 12.3. The Bertz CT molecular complexity index is 1230. The Kier molecular flexibility index (Phi) is 5.47. The number of thioether (sulfide) groups is 1. The van der Waals surface area contributed by atoms with Crippen molar-refractivity contribution in [3.05, 3.63) is 59.8 Å². The lowest BCUT2D eigenvalue weighted by Crippen LogP contribution is -2.39. The molecule has 0 unspecified atom stereocenters. The number of nitrogens with two attached hydrogens (primary N) is 1. The van der Waals surface area contributed by atoms with E-state index in [1.54, 1.807) is 19.1 Å². The van der Waals surface area contributed by atoms with Crippen LogP contribution in [-0.4, -0.2) is 36.9 Å². The van der Waals surface area contributed by atoms with E-state index in [0.717, 1.165) is 22.2 Å². The number of nitrogens with one attached hydrogen (secondary N) is 2. The molecule has 0 aliphatic rings. The summed E-state index contributed by atoms with van der Waals surface area (Å²) in [7, 11) is 0. The van der Waals surface area contributed by atoms with Crippen molar-refractivity contribution in [3.8, 4) is 17.1 Å². The molecule has 2 heterocycles. The summed E-state index contributed by atoms with van der Waals surface area (Å²) in [5.41, 5.74) is 7.68. The largest absolute Gasteiger partial charge is 0.360 e. The number of aromatic nitrogens is 4. The second-order valence-corrected chi connectivity index (χ2v) is 8.22. The normalized spacial score (nSPS) is 12.1. The third-order valence-electron chi connectivity index (χ3n) is 4.45. The smallest absolute Gasteiger partial charge is 0.318 e. The molecule has 4 N–H and O–H groups in total. The van der Waals surface area contributed by atoms with E-state index in [9.17, 15) is 9.59 Å². The van der Waals surface area contributed by atoms with Gasteiger partial charge in [-0.2, -0.15) is 0 Å². The van der Waals surface area contributed by atoms with Gasteiger partial charge in [-0.05, 0) is 37.3 Å². The van der Waals surface area contributed by atoms with Gasteiger partial charge in [0.05, 0.1) is 5.25 Å². The minimum Gasteiger partial charge on any atom is -0.360 e. The number of primary amides is 1. The van der Waals surface area contributed by atoms with Crippen LogP contribution in [0.4, 0.5) is 4.79 Å². The molecule has 4 rings (SSSR count). The van der Waals surface area contributed by atoms with Crippen LogP contribution in [0.5, 0.6) is 0 Å². The van der Waals surface area contributed by atoms with Gasteiger partial charge in [0.2, 0.25) is 5.91 Å². The molecule has 10 heteroatoms. The third kappa shape index (κ3) is 3.89. The number of hydrogen-bond acceptors (Lipinski definition) is 5. The molecule has 0 radical (unpaired) electrons. The topological polar surface area (TPSA) is 119 Å². The molecule has 152 valence electrons. The first-order valence-electron chi connectivity index (χ1n) is 8.99. The van der Waals surface area contributed by atoms with Gasteiger partial charge >= 0.3 is 6.03 Å². The fraction of sp³-hybridized carbons (Fsp3) is 0.100. The standard InChI is InChI=1S/C20H17ClN6O2S/c1-11(18(28)24-19(22)29)30-20-26-25-17(27(20)13-8-6-12(21)7-9-13)15-10-23-16-5-3-2-4-14(15)16/h2-11,23H,1H3,(H3,22,24,28,29)/t11-/m1/s1. The van der Waals surface area contributed by atoms with Crippen molar-refractivity contribution >= 4 is 46.2 Å². The van der Waals surface area contributed by atoms with E-state index in [2.05, 4.69) is 20.5 Å². The molecule has 2 aromatic carbocycles. The van der Waals surface area contributed by atoms with E-state index >= 15 is 0 Å². The molecule has 0 fully saturated rings. The van der Waals surface area contributed by atoms with Crippen molar-refractivity contribution in [2.75, 3.05) is 0 Å². The van der Waals surface area contributed by atoms with Crippen molar-refractivity contribution in [1.82, 2.24) is 25.1 Å². The van der Waals surface area contributed by atoms with Gasteiger partial charge in [0, 0.05) is 33.4 Å². The van der Waals surface area contributed by atoms with Crippen LogP contribution in [0.2, 0.25) is 5.02 Å². The number of hydrogen-bond donors (Lipinski definition) is 3. The Morgan fingerprint density at radius 3 is 2.63 bits per heavy atom. The third-order valence-corrected chi connectivity index (χ3v) is 5.74. The molecule has 0 aliphatic heterocycles. The molecular formula is C20H17ClN6O2S. The van der Waals surface area contributed by atoms with E-state index in [0.29, 0.717) is 16.0 Å². The minimum atomic E-state index is -0.897. The highest BCUT2D eigenvalue weighted by Gasteiger charge is 2.23. The Morgan fingerprint density at radius 1 is 1.17 bits per heavy atom. The highest BCUT2D eigenvalue weighted by Crippen LogP contribution is 2.33. The van der Waals surface area contributed by atoms with E-state index in [1.165, 1.54) is 11.8 Å². The molecule has 2 aromatic heterocycles. The van der Waals surface area contributed by atoms with Crippen LogP contribution in [0.1, 0.15) is 6.92 Å². The maximum Gasteiger partial charge on any atom is 0.318 e. The number of carbonyl (C=O) groups excluding carboxylic acids is 2. The molecular weight excluding hydrogens is 424 g/mol. The molecule has 0 saturated heterocycles. The first kappa shape index (κ1) is 20.0. The number of nitrogens with zero attached hydrogens (tertiary/aromatic N) is 3. The maximum atomic E-state index is 12.1. The molecule has 0 bridgehead atoms. The zero-order valence-corrected chi connectivity index (χ0v) is 17.4. The number of benzene rings is 2. The maximum absolute atomic E-state index is 12.1. The van der Waals surface area contributed by atoms with Crippen molar-refractivity contribution < 1.29 is 9.59 Å². The van der Waals surface area contributed by atoms with Crippen LogP contribution < -0.4 is 11.1 Å². The lowest BCUT2D eigenvalue weighted by molar-refractivity contribution is -0.119. The van der Waals surface area contributed by atoms with Gasteiger partial charge in [-0.3, -0.25) is 14.7 Å². The first-order valence-corrected chi connectivity index (χ1v) is 10.2. The average molecular weight is 441 g/mol. The van der Waals surface area contributed by atoms with Crippen LogP contribution >= 0.6 is 23.4 Å². The Balaban J connectivity index is 1.81. The summed E-state index contributed by atoms with van der Waals surface area (Å²) in [6.07, 6.45) is 1.87. The highest BCUT2D eigenvalue weighted by molar-refractivity contribution is 8.00. The van der Waals surface area contributed by atoms with Crippen LogP contribution in [0.15, 0.2) is 59.9 Å². The van der Waals surface area contributed by atoms with E-state index < -0.39 is 17.2 Å². The number of H-pyrrole nitrogens is 1. The molecule has 0 saturated carbocycles. The molecule has 0 spiro atoms. The number of rotatable bonds is 5. The van der Waals surface area contributed by atoms with E-state index in [1.807, 2.05) is 47.2 Å². The van der Waals surface area contributed by atoms with Crippen molar-refractivity contribution in [1.29, 1.82) is 0 Å². The second kappa shape index (κ2) is 8.21. The van der Waals surface area contributed by atoms with E-state index in [4.69, 9.17) is 17.3 Å². The number of amides is 3. The fourth-order valence-corrected chi connectivity index (χ4v) is 4.03. The van der Waals surface area contributed by atoms with Gasteiger partial charge in [-0.1, -0.05) is 41.6 Å². The number of carbonyl (C=O) groups is 2. The summed E-state index contributed by atoms with van der Waals surface area (Å²) in [6.45, 7) is 1.66. The van der Waals surface area contributed by atoms with E-state index in [-0.39, 0.29) is 0 Å². The zero-order chi connectivity index (χ0) is 21.3. The predicted molar refractivity (Wildman–Crippen MR) is 117 cm³/mol. The average Bonchev–Trinajstić information content (AvgIpc) is 3.32. The summed E-state index contributed by atoms with van der Waals surface area (Å²) in [5.74, 6) is 0.103. The van der Waals surface area contributed by atoms with Crippen molar-refractivity contribution in [2.24, 2.45) is 5.73 Å². The first-order chi connectivity index (χ1) is 14.4. The van der Waals surface area contributed by atoms with Crippen LogP contribution in [-0.2, 0) is 4.79 Å². The molecule has 1 atom stereocenters.